The molecule has 0 saturated heterocycles. The molecular weight excluding hydrogens is 252 g/mol. The molecule has 0 amide bonds. The molecule has 1 aliphatic heterocycles. The fourth-order valence-electron chi connectivity index (χ4n) is 2.45. The topological polar surface area (TPSA) is 59.1 Å². The van der Waals surface area contributed by atoms with Gasteiger partial charge in [-0.25, -0.2) is 4.98 Å². The zero-order valence-electron chi connectivity index (χ0n) is 11.1. The molecule has 20 heavy (non-hydrogen) atoms. The quantitative estimate of drug-likeness (QED) is 0.805. The van der Waals surface area contributed by atoms with Crippen molar-refractivity contribution in [2.24, 2.45) is 0 Å². The first kappa shape index (κ1) is 12.5. The summed E-state index contributed by atoms with van der Waals surface area (Å²) in [6.07, 6.45) is 0. The molecule has 3 rings (SSSR count). The summed E-state index contributed by atoms with van der Waals surface area (Å²) in [5.74, 6) is -0.554. The van der Waals surface area contributed by atoms with E-state index in [2.05, 4.69) is 10.3 Å². The third kappa shape index (κ3) is 2.09. The van der Waals surface area contributed by atoms with Crippen LogP contribution >= 0.6 is 0 Å². The van der Waals surface area contributed by atoms with Gasteiger partial charge in [-0.05, 0) is 24.6 Å². The van der Waals surface area contributed by atoms with Crippen molar-refractivity contribution in [3.63, 3.8) is 0 Å². The molecule has 0 spiro atoms. The number of fused-ring (bicyclic) bond motifs is 1. The number of Topliss-reactive ketones (excluding diaryl/α,β-unsaturated/α-hetero) is 2. The minimum atomic E-state index is -0.741. The largest absolute Gasteiger partial charge is 0.362 e. The van der Waals surface area contributed by atoms with Crippen LogP contribution in [0.4, 0.5) is 5.82 Å². The summed E-state index contributed by atoms with van der Waals surface area (Å²) in [5, 5.41) is 2.96. The van der Waals surface area contributed by atoms with Crippen LogP contribution in [-0.4, -0.2) is 23.1 Å². The molecule has 1 aromatic carbocycles. The second-order valence-corrected chi connectivity index (χ2v) is 4.88. The number of hydrogen-bond donors (Lipinski definition) is 1. The van der Waals surface area contributed by atoms with E-state index in [0.29, 0.717) is 11.4 Å². The van der Waals surface area contributed by atoms with Gasteiger partial charge in [-0.2, -0.15) is 0 Å². The molecule has 1 unspecified atom stereocenters. The van der Waals surface area contributed by atoms with Crippen LogP contribution in [0.5, 0.6) is 0 Å². The van der Waals surface area contributed by atoms with Gasteiger partial charge in [0.2, 0.25) is 0 Å². The van der Waals surface area contributed by atoms with Crippen LogP contribution in [0.1, 0.15) is 27.5 Å². The van der Waals surface area contributed by atoms with E-state index < -0.39 is 5.92 Å². The Balaban J connectivity index is 2.10. The number of ketones is 2. The van der Waals surface area contributed by atoms with Crippen LogP contribution in [-0.2, 0) is 4.79 Å². The first-order valence-electron chi connectivity index (χ1n) is 6.50. The number of carbonyl (C=O) groups is 2. The fourth-order valence-corrected chi connectivity index (χ4v) is 2.45. The van der Waals surface area contributed by atoms with Gasteiger partial charge in [0.05, 0.1) is 12.1 Å². The van der Waals surface area contributed by atoms with Crippen LogP contribution in [0, 0.1) is 6.92 Å². The van der Waals surface area contributed by atoms with Gasteiger partial charge in [-0.1, -0.05) is 30.3 Å². The molecule has 1 atom stereocenters. The Morgan fingerprint density at radius 3 is 2.60 bits per heavy atom. The molecule has 0 bridgehead atoms. The van der Waals surface area contributed by atoms with Crippen LogP contribution in [0.3, 0.4) is 0 Å². The molecule has 2 heterocycles. The Morgan fingerprint density at radius 1 is 1.10 bits per heavy atom. The number of rotatable bonds is 1. The number of aromatic nitrogens is 1. The lowest BCUT2D eigenvalue weighted by Gasteiger charge is -2.12. The Labute approximate surface area is 116 Å². The number of nitrogens with one attached hydrogen (secondary N) is 1. The summed E-state index contributed by atoms with van der Waals surface area (Å²) >= 11 is 0. The number of carbonyl (C=O) groups excluding carboxylic acids is 2. The molecule has 100 valence electrons. The number of nitrogens with zero attached hydrogens (tertiary/aromatic N) is 1. The molecule has 2 aromatic rings. The van der Waals surface area contributed by atoms with Gasteiger partial charge in [-0.3, -0.25) is 9.59 Å². The van der Waals surface area contributed by atoms with Crippen molar-refractivity contribution in [1.29, 1.82) is 0 Å². The van der Waals surface area contributed by atoms with Gasteiger partial charge in [0, 0.05) is 5.69 Å². The molecule has 4 heteroatoms. The standard InChI is InChI=1S/C16H14N2O2/c1-10-7-8-12-15(20)14(11-5-3-2-4-6-11)13(19)9-17-16(12)18-10/h2-8,14H,9H2,1H3,(H,17,18). The van der Waals surface area contributed by atoms with Crippen LogP contribution < -0.4 is 5.32 Å². The molecule has 1 N–H and O–H groups in total. The highest BCUT2D eigenvalue weighted by Crippen LogP contribution is 2.28. The Hall–Kier alpha value is -2.49. The van der Waals surface area contributed by atoms with Gasteiger partial charge >= 0.3 is 0 Å². The van der Waals surface area contributed by atoms with Crippen LogP contribution in [0.25, 0.3) is 0 Å². The molecule has 0 fully saturated rings. The Bertz CT molecular complexity index is 680. The van der Waals surface area contributed by atoms with E-state index in [4.69, 9.17) is 0 Å². The zero-order valence-corrected chi connectivity index (χ0v) is 11.1. The molecule has 1 aliphatic rings. The Morgan fingerprint density at radius 2 is 1.85 bits per heavy atom. The third-order valence-corrected chi connectivity index (χ3v) is 3.45. The molecule has 4 nitrogen and oxygen atoms in total. The summed E-state index contributed by atoms with van der Waals surface area (Å²) in [4.78, 5) is 29.2. The van der Waals surface area contributed by atoms with Crippen molar-refractivity contribution in [1.82, 2.24) is 4.98 Å². The average molecular weight is 266 g/mol. The molecular formula is C16H14N2O2. The predicted molar refractivity (Wildman–Crippen MR) is 76.0 cm³/mol. The maximum atomic E-state index is 12.7. The highest BCUT2D eigenvalue weighted by molar-refractivity contribution is 6.19. The lowest BCUT2D eigenvalue weighted by molar-refractivity contribution is -0.117. The van der Waals surface area contributed by atoms with E-state index in [9.17, 15) is 9.59 Å². The smallest absolute Gasteiger partial charge is 0.181 e. The molecule has 0 radical (unpaired) electrons. The van der Waals surface area contributed by atoms with Gasteiger partial charge in [-0.15, -0.1) is 0 Å². The van der Waals surface area contributed by atoms with E-state index in [0.717, 1.165) is 11.3 Å². The van der Waals surface area contributed by atoms with E-state index >= 15 is 0 Å². The minimum Gasteiger partial charge on any atom is -0.362 e. The fraction of sp³-hybridized carbons (Fsp3) is 0.188. The highest BCUT2D eigenvalue weighted by Gasteiger charge is 2.33. The molecule has 0 aliphatic carbocycles. The molecule has 0 saturated carbocycles. The molecule has 1 aromatic heterocycles. The van der Waals surface area contributed by atoms with E-state index in [-0.39, 0.29) is 18.1 Å². The maximum absolute atomic E-state index is 12.7. The van der Waals surface area contributed by atoms with Crippen molar-refractivity contribution in [3.05, 3.63) is 59.3 Å². The van der Waals surface area contributed by atoms with Gasteiger partial charge in [0.1, 0.15) is 11.7 Å². The lowest BCUT2D eigenvalue weighted by Crippen LogP contribution is -2.23. The SMILES string of the molecule is Cc1ccc2c(n1)NCC(=O)C(c1ccccc1)C2=O. The summed E-state index contributed by atoms with van der Waals surface area (Å²) in [6, 6.07) is 12.7. The number of benzene rings is 1. The summed E-state index contributed by atoms with van der Waals surface area (Å²) < 4.78 is 0. The predicted octanol–water partition coefficient (Wildman–Crippen LogP) is 2.35. The summed E-state index contributed by atoms with van der Waals surface area (Å²) in [7, 11) is 0. The third-order valence-electron chi connectivity index (χ3n) is 3.45. The van der Waals surface area contributed by atoms with Crippen molar-refractivity contribution in [2.75, 3.05) is 11.9 Å². The van der Waals surface area contributed by atoms with Crippen LogP contribution in [0.15, 0.2) is 42.5 Å². The van der Waals surface area contributed by atoms with Gasteiger partial charge < -0.3 is 5.32 Å². The van der Waals surface area contributed by atoms with Crippen molar-refractivity contribution in [2.45, 2.75) is 12.8 Å². The summed E-state index contributed by atoms with van der Waals surface area (Å²) in [6.45, 7) is 1.97. The van der Waals surface area contributed by atoms with Gasteiger partial charge in [0.15, 0.2) is 11.6 Å². The number of anilines is 1. The number of pyridine rings is 1. The Kier molecular flexibility index (Phi) is 3.06. The minimum absolute atomic E-state index is 0.120. The van der Waals surface area contributed by atoms with Crippen molar-refractivity contribution in [3.8, 4) is 0 Å². The number of aryl methyl sites for hydroxylation is 1. The second-order valence-electron chi connectivity index (χ2n) is 4.88. The zero-order chi connectivity index (χ0) is 14.1. The van der Waals surface area contributed by atoms with E-state index in [1.807, 2.05) is 37.3 Å². The van der Waals surface area contributed by atoms with Crippen LogP contribution in [0.2, 0.25) is 0 Å². The normalized spacial score (nSPS) is 18.1. The monoisotopic (exact) mass is 266 g/mol. The van der Waals surface area contributed by atoms with Crippen molar-refractivity contribution < 1.29 is 9.59 Å². The lowest BCUT2D eigenvalue weighted by atomic mass is 9.88. The first-order chi connectivity index (χ1) is 9.66. The van der Waals surface area contributed by atoms with E-state index in [1.165, 1.54) is 0 Å². The van der Waals surface area contributed by atoms with Crippen molar-refractivity contribution >= 4 is 17.4 Å². The van der Waals surface area contributed by atoms with Gasteiger partial charge in [0.25, 0.3) is 0 Å². The van der Waals surface area contributed by atoms with E-state index in [1.54, 1.807) is 12.1 Å². The maximum Gasteiger partial charge on any atom is 0.181 e. The average Bonchev–Trinajstić information content (AvgIpc) is 2.57. The highest BCUT2D eigenvalue weighted by atomic mass is 16.2. The number of hydrogen-bond acceptors (Lipinski definition) is 4. The second kappa shape index (κ2) is 4.89. The summed E-state index contributed by atoms with van der Waals surface area (Å²) in [5.41, 5.74) is 2.03. The first-order valence-corrected chi connectivity index (χ1v) is 6.50.